The van der Waals surface area contributed by atoms with Gasteiger partial charge in [-0.3, -0.25) is 0 Å². The molecule has 0 bridgehead atoms. The van der Waals surface area contributed by atoms with Crippen molar-refractivity contribution >= 4 is 5.69 Å². The first-order valence-corrected chi connectivity index (χ1v) is 7.77. The lowest BCUT2D eigenvalue weighted by Crippen LogP contribution is -2.36. The van der Waals surface area contributed by atoms with Gasteiger partial charge in [0.1, 0.15) is 12.2 Å². The van der Waals surface area contributed by atoms with Crippen molar-refractivity contribution in [3.63, 3.8) is 0 Å². The predicted molar refractivity (Wildman–Crippen MR) is 84.2 cm³/mol. The molecule has 0 fully saturated rings. The Kier molecular flexibility index (Phi) is 4.20. The van der Waals surface area contributed by atoms with Crippen LogP contribution in [0.5, 0.6) is 0 Å². The van der Waals surface area contributed by atoms with E-state index >= 15 is 0 Å². The Hall–Kier alpha value is -1.88. The Morgan fingerprint density at radius 2 is 2.14 bits per heavy atom. The van der Waals surface area contributed by atoms with Gasteiger partial charge >= 0.3 is 0 Å². The number of nitrogens with one attached hydrogen (secondary N) is 1. The van der Waals surface area contributed by atoms with Crippen molar-refractivity contribution in [1.82, 2.24) is 20.1 Å². The van der Waals surface area contributed by atoms with Crippen LogP contribution in [0.2, 0.25) is 0 Å². The number of fused-ring (bicyclic) bond motifs is 1. The maximum Gasteiger partial charge on any atom is 0.146 e. The number of anilines is 1. The van der Waals surface area contributed by atoms with Gasteiger partial charge in [-0.15, -0.1) is 0 Å². The van der Waals surface area contributed by atoms with Crippen LogP contribution in [0.3, 0.4) is 0 Å². The van der Waals surface area contributed by atoms with Crippen LogP contribution in [0.25, 0.3) is 0 Å². The van der Waals surface area contributed by atoms with E-state index in [-0.39, 0.29) is 0 Å². The fourth-order valence-corrected chi connectivity index (χ4v) is 3.10. The molecule has 1 aromatic carbocycles. The van der Waals surface area contributed by atoms with Crippen LogP contribution in [0.1, 0.15) is 37.7 Å². The molecular weight excluding hydrogens is 262 g/mol. The third-order valence-corrected chi connectivity index (χ3v) is 4.12. The monoisotopic (exact) mass is 285 g/mol. The molecule has 0 radical (unpaired) electrons. The van der Waals surface area contributed by atoms with Crippen molar-refractivity contribution in [2.45, 2.75) is 39.4 Å². The first-order chi connectivity index (χ1) is 10.3. The number of rotatable bonds is 5. The number of benzene rings is 1. The third-order valence-electron chi connectivity index (χ3n) is 4.12. The fourth-order valence-electron chi connectivity index (χ4n) is 3.10. The second kappa shape index (κ2) is 6.26. The van der Waals surface area contributed by atoms with Gasteiger partial charge in [0.05, 0.1) is 6.54 Å². The molecule has 0 aliphatic carbocycles. The molecule has 0 spiro atoms. The summed E-state index contributed by atoms with van der Waals surface area (Å²) in [4.78, 5) is 6.82. The zero-order chi connectivity index (χ0) is 14.7. The number of para-hydroxylation sites is 1. The number of aromatic nitrogens is 3. The molecule has 1 N–H and O–H groups in total. The van der Waals surface area contributed by atoms with Crippen molar-refractivity contribution in [3.8, 4) is 0 Å². The van der Waals surface area contributed by atoms with Gasteiger partial charge in [0.2, 0.25) is 0 Å². The Morgan fingerprint density at radius 1 is 1.29 bits per heavy atom. The van der Waals surface area contributed by atoms with Gasteiger partial charge in [-0.05, 0) is 31.5 Å². The van der Waals surface area contributed by atoms with E-state index in [9.17, 15) is 0 Å². The van der Waals surface area contributed by atoms with Gasteiger partial charge in [0, 0.05) is 24.8 Å². The molecule has 112 valence electrons. The molecule has 1 atom stereocenters. The fraction of sp³-hybridized carbons (Fsp3) is 0.500. The van der Waals surface area contributed by atoms with E-state index < -0.39 is 0 Å². The smallest absolute Gasteiger partial charge is 0.146 e. The summed E-state index contributed by atoms with van der Waals surface area (Å²) in [5, 5.41) is 7.85. The molecule has 1 aliphatic heterocycles. The minimum atomic E-state index is 0.464. The Morgan fingerprint density at radius 3 is 2.95 bits per heavy atom. The number of nitrogens with zero attached hydrogens (tertiary/aromatic N) is 4. The average molecular weight is 285 g/mol. The highest BCUT2D eigenvalue weighted by atomic mass is 15.3. The SMILES string of the molecule is CCNC1CCN(Cc2ncnn2CC)c2ccccc21. The summed E-state index contributed by atoms with van der Waals surface area (Å²) < 4.78 is 1.97. The van der Waals surface area contributed by atoms with Crippen molar-refractivity contribution in [2.75, 3.05) is 18.0 Å². The number of hydrogen-bond donors (Lipinski definition) is 1. The lowest BCUT2D eigenvalue weighted by molar-refractivity contribution is 0.483. The highest BCUT2D eigenvalue weighted by Crippen LogP contribution is 2.34. The topological polar surface area (TPSA) is 46.0 Å². The van der Waals surface area contributed by atoms with E-state index in [1.54, 1.807) is 6.33 Å². The minimum absolute atomic E-state index is 0.464. The van der Waals surface area contributed by atoms with Gasteiger partial charge in [0.15, 0.2) is 0 Å². The zero-order valence-corrected chi connectivity index (χ0v) is 12.8. The van der Waals surface area contributed by atoms with Crippen molar-refractivity contribution in [1.29, 1.82) is 0 Å². The summed E-state index contributed by atoms with van der Waals surface area (Å²) in [6.45, 7) is 8.01. The summed E-state index contributed by atoms with van der Waals surface area (Å²) in [6, 6.07) is 9.16. The maximum absolute atomic E-state index is 4.40. The quantitative estimate of drug-likeness (QED) is 0.916. The van der Waals surface area contributed by atoms with Crippen LogP contribution < -0.4 is 10.2 Å². The van der Waals surface area contributed by atoms with E-state index in [1.807, 2.05) is 4.68 Å². The van der Waals surface area contributed by atoms with Crippen molar-refractivity contribution < 1.29 is 0 Å². The molecule has 2 aromatic rings. The molecular formula is C16H23N5. The van der Waals surface area contributed by atoms with Gasteiger partial charge < -0.3 is 10.2 Å². The van der Waals surface area contributed by atoms with Gasteiger partial charge in [-0.25, -0.2) is 9.67 Å². The highest BCUT2D eigenvalue weighted by molar-refractivity contribution is 5.57. The van der Waals surface area contributed by atoms with Gasteiger partial charge in [-0.2, -0.15) is 5.10 Å². The molecule has 0 amide bonds. The van der Waals surface area contributed by atoms with E-state index in [0.717, 1.165) is 38.4 Å². The van der Waals surface area contributed by atoms with E-state index in [4.69, 9.17) is 0 Å². The molecule has 2 heterocycles. The normalized spacial score (nSPS) is 17.8. The van der Waals surface area contributed by atoms with Gasteiger partial charge in [-0.1, -0.05) is 25.1 Å². The molecule has 0 saturated carbocycles. The molecule has 21 heavy (non-hydrogen) atoms. The highest BCUT2D eigenvalue weighted by Gasteiger charge is 2.24. The molecule has 5 heteroatoms. The average Bonchev–Trinajstić information content (AvgIpc) is 2.97. The summed E-state index contributed by atoms with van der Waals surface area (Å²) in [5.74, 6) is 1.04. The van der Waals surface area contributed by atoms with Crippen LogP contribution in [0, 0.1) is 0 Å². The van der Waals surface area contributed by atoms with Crippen LogP contribution in [0.15, 0.2) is 30.6 Å². The zero-order valence-electron chi connectivity index (χ0n) is 12.8. The van der Waals surface area contributed by atoms with Gasteiger partial charge in [0.25, 0.3) is 0 Å². The molecule has 1 unspecified atom stereocenters. The Labute approximate surface area is 126 Å². The second-order valence-corrected chi connectivity index (χ2v) is 5.37. The second-order valence-electron chi connectivity index (χ2n) is 5.37. The summed E-state index contributed by atoms with van der Waals surface area (Å²) in [5.41, 5.74) is 2.72. The predicted octanol–water partition coefficient (Wildman–Crippen LogP) is 2.36. The largest absolute Gasteiger partial charge is 0.364 e. The number of hydrogen-bond acceptors (Lipinski definition) is 4. The van der Waals surface area contributed by atoms with Crippen molar-refractivity contribution in [3.05, 3.63) is 42.0 Å². The minimum Gasteiger partial charge on any atom is -0.364 e. The maximum atomic E-state index is 4.40. The summed E-state index contributed by atoms with van der Waals surface area (Å²) in [7, 11) is 0. The summed E-state index contributed by atoms with van der Waals surface area (Å²) in [6.07, 6.45) is 2.78. The lowest BCUT2D eigenvalue weighted by Gasteiger charge is -2.35. The first-order valence-electron chi connectivity index (χ1n) is 7.77. The van der Waals surface area contributed by atoms with E-state index in [2.05, 4.69) is 58.4 Å². The van der Waals surface area contributed by atoms with Crippen LogP contribution >= 0.6 is 0 Å². The molecule has 3 rings (SSSR count). The van der Waals surface area contributed by atoms with Crippen LogP contribution in [-0.4, -0.2) is 27.9 Å². The molecule has 5 nitrogen and oxygen atoms in total. The number of aryl methyl sites for hydroxylation is 1. The molecule has 1 aliphatic rings. The van der Waals surface area contributed by atoms with Crippen LogP contribution in [-0.2, 0) is 13.1 Å². The lowest BCUT2D eigenvalue weighted by atomic mass is 9.96. The summed E-state index contributed by atoms with van der Waals surface area (Å²) >= 11 is 0. The van der Waals surface area contributed by atoms with E-state index in [1.165, 1.54) is 11.3 Å². The Balaban J connectivity index is 1.86. The first kappa shape index (κ1) is 14.1. The molecule has 1 aromatic heterocycles. The standard InChI is InChI=1S/C16H23N5/c1-3-17-14-9-10-20(15-8-6-5-7-13(14)15)11-16-18-12-19-21(16)4-2/h5-8,12,14,17H,3-4,9-11H2,1-2H3. The third kappa shape index (κ3) is 2.78. The van der Waals surface area contributed by atoms with E-state index in [0.29, 0.717) is 6.04 Å². The Bertz CT molecular complexity index is 592. The van der Waals surface area contributed by atoms with Crippen molar-refractivity contribution in [2.24, 2.45) is 0 Å². The van der Waals surface area contributed by atoms with Crippen LogP contribution in [0.4, 0.5) is 5.69 Å². The molecule has 0 saturated heterocycles.